The number of hydrogen-bond donors (Lipinski definition) is 1. The van der Waals surface area contributed by atoms with E-state index in [0.29, 0.717) is 10.0 Å². The third kappa shape index (κ3) is 2.26. The minimum absolute atomic E-state index is 0.446. The van der Waals surface area contributed by atoms with Gasteiger partial charge in [0.1, 0.15) is 0 Å². The summed E-state index contributed by atoms with van der Waals surface area (Å²) in [4.78, 5) is 14.8. The Kier molecular flexibility index (Phi) is 3.39. The van der Waals surface area contributed by atoms with Gasteiger partial charge in [0.25, 0.3) is 0 Å². The monoisotopic (exact) mass is 245 g/mol. The molecule has 0 aliphatic carbocycles. The number of pyridine rings is 1. The SMILES string of the molecule is COC(=O)C(O)c1ccncc1Br. The maximum atomic E-state index is 11.0. The fourth-order valence-corrected chi connectivity index (χ4v) is 1.31. The van der Waals surface area contributed by atoms with Crippen molar-refractivity contribution in [1.82, 2.24) is 4.98 Å². The van der Waals surface area contributed by atoms with Crippen LogP contribution in [0.15, 0.2) is 22.9 Å². The van der Waals surface area contributed by atoms with Crippen LogP contribution < -0.4 is 0 Å². The standard InChI is InChI=1S/C8H8BrNO3/c1-13-8(12)7(11)5-2-3-10-4-6(5)9/h2-4,7,11H,1H3. The van der Waals surface area contributed by atoms with E-state index < -0.39 is 12.1 Å². The van der Waals surface area contributed by atoms with E-state index in [1.165, 1.54) is 19.5 Å². The molecule has 1 rings (SSSR count). The molecule has 0 aromatic carbocycles. The lowest BCUT2D eigenvalue weighted by Gasteiger charge is -2.09. The molecule has 0 aliphatic heterocycles. The lowest BCUT2D eigenvalue weighted by Crippen LogP contribution is -2.13. The fraction of sp³-hybridized carbons (Fsp3) is 0.250. The number of aromatic nitrogens is 1. The predicted octanol–water partition coefficient (Wildman–Crippen LogP) is 1.05. The van der Waals surface area contributed by atoms with Crippen LogP contribution in [0, 0.1) is 0 Å². The summed E-state index contributed by atoms with van der Waals surface area (Å²) in [5.74, 6) is -0.688. The van der Waals surface area contributed by atoms with Crippen molar-refractivity contribution < 1.29 is 14.6 Å². The molecule has 1 aromatic heterocycles. The van der Waals surface area contributed by atoms with E-state index in [9.17, 15) is 9.90 Å². The molecule has 0 radical (unpaired) electrons. The summed E-state index contributed by atoms with van der Waals surface area (Å²) in [6.07, 6.45) is 1.73. The van der Waals surface area contributed by atoms with Crippen molar-refractivity contribution in [3.05, 3.63) is 28.5 Å². The van der Waals surface area contributed by atoms with Crippen LogP contribution in [-0.2, 0) is 9.53 Å². The highest BCUT2D eigenvalue weighted by molar-refractivity contribution is 9.10. The second kappa shape index (κ2) is 4.34. The average molecular weight is 246 g/mol. The van der Waals surface area contributed by atoms with Crippen molar-refractivity contribution in [3.63, 3.8) is 0 Å². The van der Waals surface area contributed by atoms with Crippen molar-refractivity contribution in [1.29, 1.82) is 0 Å². The minimum atomic E-state index is -1.26. The van der Waals surface area contributed by atoms with Crippen LogP contribution in [0.25, 0.3) is 0 Å². The summed E-state index contributed by atoms with van der Waals surface area (Å²) in [5, 5.41) is 9.44. The number of carbonyl (C=O) groups is 1. The molecule has 70 valence electrons. The molecule has 0 saturated carbocycles. The van der Waals surface area contributed by atoms with E-state index in [1.54, 1.807) is 6.07 Å². The second-order valence-electron chi connectivity index (χ2n) is 2.32. The quantitative estimate of drug-likeness (QED) is 0.792. The lowest BCUT2D eigenvalue weighted by atomic mass is 10.1. The van der Waals surface area contributed by atoms with E-state index >= 15 is 0 Å². The van der Waals surface area contributed by atoms with Gasteiger partial charge in [-0.2, -0.15) is 0 Å². The Morgan fingerprint density at radius 1 is 1.77 bits per heavy atom. The largest absolute Gasteiger partial charge is 0.467 e. The molecule has 1 atom stereocenters. The molecule has 1 heterocycles. The Balaban J connectivity index is 2.95. The number of esters is 1. The van der Waals surface area contributed by atoms with Gasteiger partial charge < -0.3 is 9.84 Å². The Morgan fingerprint density at radius 2 is 2.46 bits per heavy atom. The highest BCUT2D eigenvalue weighted by Gasteiger charge is 2.19. The third-order valence-electron chi connectivity index (χ3n) is 1.52. The van der Waals surface area contributed by atoms with Gasteiger partial charge in [-0.25, -0.2) is 4.79 Å². The molecule has 0 aliphatic rings. The molecule has 1 unspecified atom stereocenters. The summed E-state index contributed by atoms with van der Waals surface area (Å²) >= 11 is 3.16. The third-order valence-corrected chi connectivity index (χ3v) is 2.19. The van der Waals surface area contributed by atoms with Crippen molar-refractivity contribution in [3.8, 4) is 0 Å². The van der Waals surface area contributed by atoms with Gasteiger partial charge in [0.15, 0.2) is 6.10 Å². The summed E-state index contributed by atoms with van der Waals surface area (Å²) < 4.78 is 4.97. The average Bonchev–Trinajstić information content (AvgIpc) is 2.16. The first-order valence-corrected chi connectivity index (χ1v) is 4.31. The Labute approximate surface area is 83.7 Å². The van der Waals surface area contributed by atoms with E-state index in [4.69, 9.17) is 0 Å². The zero-order valence-corrected chi connectivity index (χ0v) is 8.48. The maximum Gasteiger partial charge on any atom is 0.339 e. The molecule has 4 nitrogen and oxygen atoms in total. The molecule has 13 heavy (non-hydrogen) atoms. The van der Waals surface area contributed by atoms with Crippen molar-refractivity contribution >= 4 is 21.9 Å². The van der Waals surface area contributed by atoms with Crippen molar-refractivity contribution in [2.45, 2.75) is 6.10 Å². The molecule has 5 heteroatoms. The van der Waals surface area contributed by atoms with Gasteiger partial charge in [-0.05, 0) is 22.0 Å². The highest BCUT2D eigenvalue weighted by atomic mass is 79.9. The van der Waals surface area contributed by atoms with Crippen LogP contribution in [0.4, 0.5) is 0 Å². The number of rotatable bonds is 2. The Morgan fingerprint density at radius 3 is 3.00 bits per heavy atom. The second-order valence-corrected chi connectivity index (χ2v) is 3.18. The maximum absolute atomic E-state index is 11.0. The molecule has 0 fully saturated rings. The number of ether oxygens (including phenoxy) is 1. The number of halogens is 1. The number of aliphatic hydroxyl groups excluding tert-OH is 1. The highest BCUT2D eigenvalue weighted by Crippen LogP contribution is 2.22. The molecular weight excluding hydrogens is 238 g/mol. The number of hydrogen-bond acceptors (Lipinski definition) is 4. The van der Waals surface area contributed by atoms with Crippen LogP contribution in [0.3, 0.4) is 0 Å². The number of carbonyl (C=O) groups excluding carboxylic acids is 1. The number of nitrogens with zero attached hydrogens (tertiary/aromatic N) is 1. The first-order chi connectivity index (χ1) is 6.16. The van der Waals surface area contributed by atoms with Gasteiger partial charge in [0, 0.05) is 22.4 Å². The van der Waals surface area contributed by atoms with Crippen LogP contribution in [0.2, 0.25) is 0 Å². The predicted molar refractivity (Wildman–Crippen MR) is 48.9 cm³/mol. The van der Waals surface area contributed by atoms with Crippen LogP contribution in [-0.4, -0.2) is 23.2 Å². The first-order valence-electron chi connectivity index (χ1n) is 3.52. The van der Waals surface area contributed by atoms with Crippen molar-refractivity contribution in [2.75, 3.05) is 7.11 Å². The summed E-state index contributed by atoms with van der Waals surface area (Å²) in [7, 11) is 1.22. The molecule has 0 amide bonds. The van der Waals surface area contributed by atoms with Gasteiger partial charge in [-0.1, -0.05) is 0 Å². The van der Waals surface area contributed by atoms with Gasteiger partial charge in [-0.15, -0.1) is 0 Å². The molecule has 0 bridgehead atoms. The first kappa shape index (κ1) is 10.1. The van der Waals surface area contributed by atoms with Gasteiger partial charge in [-0.3, -0.25) is 4.98 Å². The molecule has 0 spiro atoms. The van der Waals surface area contributed by atoms with Crippen LogP contribution in [0.1, 0.15) is 11.7 Å². The zero-order valence-electron chi connectivity index (χ0n) is 6.90. The molecule has 1 N–H and O–H groups in total. The molecule has 1 aromatic rings. The van der Waals surface area contributed by atoms with E-state index in [2.05, 4.69) is 25.7 Å². The Hall–Kier alpha value is -0.940. The van der Waals surface area contributed by atoms with Crippen molar-refractivity contribution in [2.24, 2.45) is 0 Å². The summed E-state index contributed by atoms with van der Waals surface area (Å²) in [5.41, 5.74) is 0.446. The zero-order chi connectivity index (χ0) is 9.84. The van der Waals surface area contributed by atoms with Gasteiger partial charge in [0.05, 0.1) is 7.11 Å². The molecule has 0 saturated heterocycles. The normalized spacial score (nSPS) is 12.2. The topological polar surface area (TPSA) is 59.4 Å². The molecular formula is C8H8BrNO3. The lowest BCUT2D eigenvalue weighted by molar-refractivity contribution is -0.150. The van der Waals surface area contributed by atoms with E-state index in [-0.39, 0.29) is 0 Å². The smallest absolute Gasteiger partial charge is 0.339 e. The van der Waals surface area contributed by atoms with Crippen LogP contribution in [0.5, 0.6) is 0 Å². The fourth-order valence-electron chi connectivity index (χ4n) is 0.846. The number of methoxy groups -OCH3 is 1. The summed E-state index contributed by atoms with van der Waals surface area (Å²) in [6.45, 7) is 0. The van der Waals surface area contributed by atoms with E-state index in [0.717, 1.165) is 0 Å². The van der Waals surface area contributed by atoms with Crippen LogP contribution >= 0.6 is 15.9 Å². The minimum Gasteiger partial charge on any atom is -0.467 e. The van der Waals surface area contributed by atoms with E-state index in [1.807, 2.05) is 0 Å². The van der Waals surface area contributed by atoms with Gasteiger partial charge >= 0.3 is 5.97 Å². The van der Waals surface area contributed by atoms with Gasteiger partial charge in [0.2, 0.25) is 0 Å². The number of aliphatic hydroxyl groups is 1. The summed E-state index contributed by atoms with van der Waals surface area (Å²) in [6, 6.07) is 1.55. The Bertz CT molecular complexity index is 316.